The normalized spacial score (nSPS) is 18.4. The second kappa shape index (κ2) is 11.8. The Hall–Kier alpha value is -3.34. The number of ether oxygens (including phenoxy) is 1. The van der Waals surface area contributed by atoms with E-state index in [1.54, 1.807) is 30.3 Å². The van der Waals surface area contributed by atoms with E-state index in [2.05, 4.69) is 10.6 Å². The van der Waals surface area contributed by atoms with Crippen LogP contribution in [0.5, 0.6) is 5.75 Å². The van der Waals surface area contributed by atoms with E-state index in [1.165, 1.54) is 6.92 Å². The van der Waals surface area contributed by atoms with Crippen LogP contribution in [-0.2, 0) is 28.4 Å². The maximum atomic E-state index is 13.9. The lowest BCUT2D eigenvalue weighted by Gasteiger charge is -2.36. The van der Waals surface area contributed by atoms with Gasteiger partial charge >= 0.3 is 6.09 Å². The molecule has 4 rings (SSSR count). The van der Waals surface area contributed by atoms with Gasteiger partial charge in [0.15, 0.2) is 9.84 Å². The molecular formula is C29H32F2N2O5S. The fourth-order valence-electron chi connectivity index (χ4n) is 4.74. The van der Waals surface area contributed by atoms with Gasteiger partial charge in [0.25, 0.3) is 0 Å². The summed E-state index contributed by atoms with van der Waals surface area (Å²) in [7, 11) is -3.38. The number of benzene rings is 3. The predicted molar refractivity (Wildman–Crippen MR) is 144 cm³/mol. The predicted octanol–water partition coefficient (Wildman–Crippen LogP) is 4.24. The molecule has 0 fully saturated rings. The first-order chi connectivity index (χ1) is 18.4. The van der Waals surface area contributed by atoms with Gasteiger partial charge in [-0.05, 0) is 66.3 Å². The average molecular weight is 559 g/mol. The molecule has 0 aliphatic carbocycles. The summed E-state index contributed by atoms with van der Waals surface area (Å²) in [5, 5.41) is 17.3. The van der Waals surface area contributed by atoms with E-state index in [0.717, 1.165) is 35.7 Å². The molecule has 1 aliphatic heterocycles. The Bertz CT molecular complexity index is 1410. The SMILES string of the molecule is CCc1ccc2c(c1)[C@@H](NC[C@@](C)(O)[C@H](Cc1cc(F)cc(F)c1)NC(=O)Oc1ccccc1)CS(=O)(=O)C2. The monoisotopic (exact) mass is 558 g/mol. The fourth-order valence-corrected chi connectivity index (χ4v) is 6.40. The molecule has 3 aromatic rings. The zero-order chi connectivity index (χ0) is 28.2. The zero-order valence-corrected chi connectivity index (χ0v) is 22.6. The van der Waals surface area contributed by atoms with Crippen molar-refractivity contribution >= 4 is 15.9 Å². The highest BCUT2D eigenvalue weighted by atomic mass is 32.2. The number of carbonyl (C=O) groups excluding carboxylic acids is 1. The minimum absolute atomic E-state index is 0.0540. The number of carbonyl (C=O) groups is 1. The first-order valence-corrected chi connectivity index (χ1v) is 14.5. The molecule has 0 spiro atoms. The summed E-state index contributed by atoms with van der Waals surface area (Å²) in [6.45, 7) is 3.34. The number of halogens is 2. The van der Waals surface area contributed by atoms with Gasteiger partial charge < -0.3 is 20.5 Å². The average Bonchev–Trinajstić information content (AvgIpc) is 2.86. The third kappa shape index (κ3) is 7.62. The molecule has 208 valence electrons. The number of para-hydroxylation sites is 1. The Kier molecular flexibility index (Phi) is 8.68. The van der Waals surface area contributed by atoms with Crippen molar-refractivity contribution in [3.63, 3.8) is 0 Å². The fraction of sp³-hybridized carbons (Fsp3) is 0.345. The van der Waals surface area contributed by atoms with Crippen molar-refractivity contribution in [3.8, 4) is 5.75 Å². The van der Waals surface area contributed by atoms with Crippen LogP contribution in [0.1, 0.15) is 42.1 Å². The van der Waals surface area contributed by atoms with Crippen molar-refractivity contribution in [1.29, 1.82) is 0 Å². The minimum Gasteiger partial charge on any atom is -0.410 e. The lowest BCUT2D eigenvalue weighted by molar-refractivity contribution is 0.0189. The molecule has 0 bridgehead atoms. The number of sulfone groups is 1. The first-order valence-electron chi connectivity index (χ1n) is 12.7. The number of nitrogens with one attached hydrogen (secondary N) is 2. The standard InChI is InChI=1S/C29H32F2N2O5S/c1-3-19-9-10-21-16-39(36,37)17-26(25(21)13-19)32-18-29(2,35)27(14-20-11-22(30)15-23(31)12-20)33-28(34)38-24-7-5-4-6-8-24/h4-13,15,26-27,32,35H,3,14,16-18H2,1-2H3,(H,33,34)/t26-,27-,29+/m0/s1. The quantitative estimate of drug-likeness (QED) is 0.363. The lowest BCUT2D eigenvalue weighted by Crippen LogP contribution is -2.58. The van der Waals surface area contributed by atoms with Crippen LogP contribution in [-0.4, -0.2) is 43.6 Å². The van der Waals surface area contributed by atoms with Crippen LogP contribution in [0, 0.1) is 11.6 Å². The van der Waals surface area contributed by atoms with E-state index in [-0.39, 0.29) is 35.8 Å². The van der Waals surface area contributed by atoms with Gasteiger partial charge in [-0.25, -0.2) is 22.0 Å². The second-order valence-electron chi connectivity index (χ2n) is 10.1. The van der Waals surface area contributed by atoms with Crippen LogP contribution < -0.4 is 15.4 Å². The van der Waals surface area contributed by atoms with Crippen LogP contribution in [0.15, 0.2) is 66.7 Å². The molecule has 39 heavy (non-hydrogen) atoms. The van der Waals surface area contributed by atoms with Gasteiger partial charge in [-0.2, -0.15) is 0 Å². The molecule has 10 heteroatoms. The van der Waals surface area contributed by atoms with Crippen LogP contribution in [0.25, 0.3) is 0 Å². The molecule has 0 saturated heterocycles. The molecule has 1 aliphatic rings. The summed E-state index contributed by atoms with van der Waals surface area (Å²) in [5.41, 5.74) is 1.15. The summed E-state index contributed by atoms with van der Waals surface area (Å²) >= 11 is 0. The highest BCUT2D eigenvalue weighted by Gasteiger charge is 2.37. The lowest BCUT2D eigenvalue weighted by atomic mass is 9.89. The number of hydrogen-bond acceptors (Lipinski definition) is 6. The summed E-state index contributed by atoms with van der Waals surface area (Å²) in [6, 6.07) is 15.4. The van der Waals surface area contributed by atoms with Crippen molar-refractivity contribution in [3.05, 3.63) is 101 Å². The summed E-state index contributed by atoms with van der Waals surface area (Å²) in [6.07, 6.45) is -0.196. The Balaban J connectivity index is 1.57. The van der Waals surface area contributed by atoms with E-state index in [1.807, 2.05) is 25.1 Å². The summed E-state index contributed by atoms with van der Waals surface area (Å²) in [4.78, 5) is 12.7. The van der Waals surface area contributed by atoms with Gasteiger partial charge in [-0.15, -0.1) is 0 Å². The van der Waals surface area contributed by atoms with Gasteiger partial charge in [0.05, 0.1) is 23.1 Å². The highest BCUT2D eigenvalue weighted by molar-refractivity contribution is 7.90. The topological polar surface area (TPSA) is 105 Å². The zero-order valence-electron chi connectivity index (χ0n) is 21.8. The molecule has 0 saturated carbocycles. The van der Waals surface area contributed by atoms with E-state index < -0.39 is 45.2 Å². The molecule has 1 amide bonds. The van der Waals surface area contributed by atoms with E-state index in [4.69, 9.17) is 4.74 Å². The van der Waals surface area contributed by atoms with Gasteiger partial charge in [-0.1, -0.05) is 43.3 Å². The maximum absolute atomic E-state index is 13.9. The Morgan fingerprint density at radius 2 is 1.77 bits per heavy atom. The molecule has 3 N–H and O–H groups in total. The Labute approximate surface area is 227 Å². The van der Waals surface area contributed by atoms with Crippen molar-refractivity contribution in [2.75, 3.05) is 12.3 Å². The van der Waals surface area contributed by atoms with Gasteiger partial charge in [-0.3, -0.25) is 0 Å². The molecular weight excluding hydrogens is 526 g/mol. The van der Waals surface area contributed by atoms with Crippen LogP contribution in [0.2, 0.25) is 0 Å². The molecule has 3 atom stereocenters. The summed E-state index contributed by atoms with van der Waals surface area (Å²) < 4.78 is 58.4. The summed E-state index contributed by atoms with van der Waals surface area (Å²) in [5.74, 6) is -1.50. The Morgan fingerprint density at radius 1 is 1.08 bits per heavy atom. The second-order valence-corrected chi connectivity index (χ2v) is 12.2. The number of rotatable bonds is 9. The van der Waals surface area contributed by atoms with Crippen LogP contribution >= 0.6 is 0 Å². The highest BCUT2D eigenvalue weighted by Crippen LogP contribution is 2.30. The largest absolute Gasteiger partial charge is 0.412 e. The number of aliphatic hydroxyl groups is 1. The number of amides is 1. The van der Waals surface area contributed by atoms with Crippen molar-refractivity contribution < 1.29 is 31.8 Å². The molecule has 3 aromatic carbocycles. The van der Waals surface area contributed by atoms with E-state index in [0.29, 0.717) is 5.56 Å². The van der Waals surface area contributed by atoms with Crippen LogP contribution in [0.3, 0.4) is 0 Å². The molecule has 1 heterocycles. The number of fused-ring (bicyclic) bond motifs is 1. The van der Waals surface area contributed by atoms with Crippen molar-refractivity contribution in [2.45, 2.75) is 50.1 Å². The molecule has 0 radical (unpaired) electrons. The van der Waals surface area contributed by atoms with E-state index >= 15 is 0 Å². The smallest absolute Gasteiger partial charge is 0.410 e. The van der Waals surface area contributed by atoms with Gasteiger partial charge in [0.2, 0.25) is 0 Å². The maximum Gasteiger partial charge on any atom is 0.412 e. The number of hydrogen-bond donors (Lipinski definition) is 3. The third-order valence-electron chi connectivity index (χ3n) is 6.86. The van der Waals surface area contributed by atoms with E-state index in [9.17, 15) is 27.1 Å². The van der Waals surface area contributed by atoms with Crippen LogP contribution in [0.4, 0.5) is 13.6 Å². The Morgan fingerprint density at radius 3 is 2.44 bits per heavy atom. The molecule has 0 unspecified atom stereocenters. The molecule has 7 nitrogen and oxygen atoms in total. The molecule has 0 aromatic heterocycles. The van der Waals surface area contributed by atoms with Crippen molar-refractivity contribution in [1.82, 2.24) is 10.6 Å². The third-order valence-corrected chi connectivity index (χ3v) is 8.45. The first kappa shape index (κ1) is 28.7. The minimum atomic E-state index is -3.38. The van der Waals surface area contributed by atoms with Gasteiger partial charge in [0.1, 0.15) is 17.4 Å². The van der Waals surface area contributed by atoms with Crippen molar-refractivity contribution in [2.24, 2.45) is 0 Å². The van der Waals surface area contributed by atoms with Gasteiger partial charge in [0, 0.05) is 18.7 Å². The number of aryl methyl sites for hydroxylation is 1.